The highest BCUT2D eigenvalue weighted by atomic mass is 19.1. The summed E-state index contributed by atoms with van der Waals surface area (Å²) in [5, 5.41) is 9.88. The zero-order valence-corrected chi connectivity index (χ0v) is 15.2. The number of aryl methyl sites for hydroxylation is 1. The van der Waals surface area contributed by atoms with E-state index in [9.17, 15) is 14.0 Å². The number of hydrogen-bond acceptors (Lipinski definition) is 3. The first kappa shape index (κ1) is 17.8. The molecule has 2 amide bonds. The van der Waals surface area contributed by atoms with Crippen molar-refractivity contribution in [3.63, 3.8) is 0 Å². The van der Waals surface area contributed by atoms with Gasteiger partial charge in [-0.3, -0.25) is 14.7 Å². The van der Waals surface area contributed by atoms with E-state index in [0.717, 1.165) is 5.69 Å². The summed E-state index contributed by atoms with van der Waals surface area (Å²) in [4.78, 5) is 27.0. The highest BCUT2D eigenvalue weighted by Gasteiger charge is 2.36. The minimum atomic E-state index is -0.460. The van der Waals surface area contributed by atoms with Crippen LogP contribution in [0.4, 0.5) is 4.39 Å². The van der Waals surface area contributed by atoms with Crippen molar-refractivity contribution in [3.8, 4) is 0 Å². The average Bonchev–Trinajstić information content (AvgIpc) is 2.94. The summed E-state index contributed by atoms with van der Waals surface area (Å²) >= 11 is 0. The number of hydrogen-bond donors (Lipinski definition) is 2. The zero-order chi connectivity index (χ0) is 19.1. The van der Waals surface area contributed by atoms with E-state index >= 15 is 0 Å². The molecule has 3 rings (SSSR count). The molecule has 0 atom stereocenters. The Kier molecular flexibility index (Phi) is 4.39. The number of H-pyrrole nitrogens is 1. The summed E-state index contributed by atoms with van der Waals surface area (Å²) < 4.78 is 13.2. The van der Waals surface area contributed by atoms with Crippen LogP contribution in [0.2, 0.25) is 0 Å². The Labute approximate surface area is 151 Å². The smallest absolute Gasteiger partial charge is 0.257 e. The zero-order valence-electron chi connectivity index (χ0n) is 15.2. The van der Waals surface area contributed by atoms with E-state index in [2.05, 4.69) is 15.5 Å². The number of likely N-dealkylation sites (N-methyl/N-ethyl adjacent to an activating group) is 1. The van der Waals surface area contributed by atoms with Crippen LogP contribution in [0.25, 0.3) is 5.57 Å². The van der Waals surface area contributed by atoms with E-state index < -0.39 is 11.2 Å². The number of nitrogens with zero attached hydrogens (tertiary/aromatic N) is 2. The van der Waals surface area contributed by atoms with E-state index in [0.29, 0.717) is 28.9 Å². The van der Waals surface area contributed by atoms with Crippen LogP contribution in [0.5, 0.6) is 0 Å². The lowest BCUT2D eigenvalue weighted by atomic mass is 9.85. The van der Waals surface area contributed by atoms with Gasteiger partial charge in [0.2, 0.25) is 0 Å². The number of rotatable bonds is 2. The number of aromatic nitrogens is 2. The number of carbonyl (C=O) groups excluding carboxylic acids is 2. The first-order chi connectivity index (χ1) is 12.2. The highest BCUT2D eigenvalue weighted by molar-refractivity contribution is 6.20. The molecular weight excluding hydrogens is 335 g/mol. The standard InChI is InChI=1S/C19H21FN4O2/c1-11-15-14(17(25)21-4)9-24(10-19(2,3)16(15)23-22-11)18(26)12-5-7-13(20)8-6-12/h5-9H,10H2,1-4H3,(H,21,25)(H,22,23). The van der Waals surface area contributed by atoms with Gasteiger partial charge in [0, 0.05) is 36.3 Å². The molecule has 0 aliphatic carbocycles. The van der Waals surface area contributed by atoms with E-state index in [1.54, 1.807) is 13.2 Å². The highest BCUT2D eigenvalue weighted by Crippen LogP contribution is 2.35. The van der Waals surface area contributed by atoms with Crippen LogP contribution >= 0.6 is 0 Å². The Bertz CT molecular complexity index is 897. The average molecular weight is 356 g/mol. The van der Waals surface area contributed by atoms with Gasteiger partial charge in [0.1, 0.15) is 5.82 Å². The van der Waals surface area contributed by atoms with Crippen LogP contribution in [0.1, 0.15) is 41.2 Å². The van der Waals surface area contributed by atoms with Crippen molar-refractivity contribution < 1.29 is 14.0 Å². The normalized spacial score (nSPS) is 15.7. The predicted octanol–water partition coefficient (Wildman–Crippen LogP) is 2.38. The van der Waals surface area contributed by atoms with Gasteiger partial charge in [0.25, 0.3) is 11.8 Å². The van der Waals surface area contributed by atoms with E-state index in [4.69, 9.17) is 0 Å². The first-order valence-electron chi connectivity index (χ1n) is 8.31. The maximum Gasteiger partial charge on any atom is 0.257 e. The van der Waals surface area contributed by atoms with Crippen LogP contribution in [-0.2, 0) is 10.2 Å². The van der Waals surface area contributed by atoms with Crippen LogP contribution in [-0.4, -0.2) is 40.5 Å². The molecule has 0 bridgehead atoms. The van der Waals surface area contributed by atoms with E-state index in [-0.39, 0.29) is 11.8 Å². The Balaban J connectivity index is 2.12. The Morgan fingerprint density at radius 1 is 1.27 bits per heavy atom. The number of fused-ring (bicyclic) bond motifs is 1. The second-order valence-corrected chi connectivity index (χ2v) is 7.00. The number of halogens is 1. The molecular formula is C19H21FN4O2. The molecule has 1 aliphatic rings. The van der Waals surface area contributed by atoms with Gasteiger partial charge in [-0.05, 0) is 31.2 Å². The minimum Gasteiger partial charge on any atom is -0.355 e. The van der Waals surface area contributed by atoms with Crippen molar-refractivity contribution >= 4 is 17.4 Å². The van der Waals surface area contributed by atoms with Gasteiger partial charge < -0.3 is 10.2 Å². The summed E-state index contributed by atoms with van der Waals surface area (Å²) in [5.74, 6) is -1.00. The van der Waals surface area contributed by atoms with Crippen molar-refractivity contribution in [1.29, 1.82) is 0 Å². The molecule has 0 fully saturated rings. The summed E-state index contributed by atoms with van der Waals surface area (Å²) in [6, 6.07) is 5.37. The molecule has 26 heavy (non-hydrogen) atoms. The van der Waals surface area contributed by atoms with Gasteiger partial charge in [-0.2, -0.15) is 5.10 Å². The van der Waals surface area contributed by atoms with E-state index in [1.807, 2.05) is 20.8 Å². The number of amides is 2. The molecule has 1 aromatic heterocycles. The van der Waals surface area contributed by atoms with Gasteiger partial charge in [0.15, 0.2) is 0 Å². The fourth-order valence-corrected chi connectivity index (χ4v) is 3.22. The quantitative estimate of drug-likeness (QED) is 0.867. The molecule has 2 N–H and O–H groups in total. The SMILES string of the molecule is CNC(=O)C1=CN(C(=O)c2ccc(F)cc2)CC(C)(C)c2[nH]nc(C)c21. The number of carbonyl (C=O) groups is 2. The summed E-state index contributed by atoms with van der Waals surface area (Å²) in [6.07, 6.45) is 1.56. The molecule has 0 radical (unpaired) electrons. The third kappa shape index (κ3) is 3.00. The molecule has 2 aromatic rings. The summed E-state index contributed by atoms with van der Waals surface area (Å²) in [7, 11) is 1.54. The van der Waals surface area contributed by atoms with Gasteiger partial charge in [-0.25, -0.2) is 4.39 Å². The van der Waals surface area contributed by atoms with Gasteiger partial charge in [-0.15, -0.1) is 0 Å². The number of nitrogens with one attached hydrogen (secondary N) is 2. The van der Waals surface area contributed by atoms with Crippen LogP contribution in [0.15, 0.2) is 30.5 Å². The fourth-order valence-electron chi connectivity index (χ4n) is 3.22. The topological polar surface area (TPSA) is 78.1 Å². The first-order valence-corrected chi connectivity index (χ1v) is 8.31. The molecule has 0 saturated heterocycles. The van der Waals surface area contributed by atoms with Gasteiger partial charge in [-0.1, -0.05) is 13.8 Å². The van der Waals surface area contributed by atoms with Crippen molar-refractivity contribution in [2.45, 2.75) is 26.2 Å². The molecule has 1 aromatic carbocycles. The molecule has 1 aliphatic heterocycles. The lowest BCUT2D eigenvalue weighted by Crippen LogP contribution is -2.37. The molecule has 7 heteroatoms. The summed E-state index contributed by atoms with van der Waals surface area (Å²) in [5.41, 5.74) is 2.48. The predicted molar refractivity (Wildman–Crippen MR) is 95.8 cm³/mol. The molecule has 136 valence electrons. The van der Waals surface area contributed by atoms with Crippen molar-refractivity contribution in [1.82, 2.24) is 20.4 Å². The van der Waals surface area contributed by atoms with Gasteiger partial charge in [0.05, 0.1) is 17.0 Å². The van der Waals surface area contributed by atoms with Crippen molar-refractivity contribution in [3.05, 3.63) is 58.8 Å². The van der Waals surface area contributed by atoms with Crippen LogP contribution in [0.3, 0.4) is 0 Å². The van der Waals surface area contributed by atoms with Crippen LogP contribution < -0.4 is 5.32 Å². The Morgan fingerprint density at radius 2 is 1.92 bits per heavy atom. The Hall–Kier alpha value is -2.96. The fraction of sp³-hybridized carbons (Fsp3) is 0.316. The van der Waals surface area contributed by atoms with Crippen molar-refractivity contribution in [2.24, 2.45) is 0 Å². The van der Waals surface area contributed by atoms with E-state index in [1.165, 1.54) is 29.2 Å². The minimum absolute atomic E-state index is 0.296. The third-order valence-corrected chi connectivity index (χ3v) is 4.57. The molecule has 2 heterocycles. The third-order valence-electron chi connectivity index (χ3n) is 4.57. The molecule has 0 saturated carbocycles. The second kappa shape index (κ2) is 6.40. The van der Waals surface area contributed by atoms with Crippen molar-refractivity contribution in [2.75, 3.05) is 13.6 Å². The maximum atomic E-state index is 13.2. The maximum absolute atomic E-state index is 13.2. The summed E-state index contributed by atoms with van der Waals surface area (Å²) in [6.45, 7) is 6.13. The molecule has 0 spiro atoms. The number of benzene rings is 1. The van der Waals surface area contributed by atoms with Gasteiger partial charge >= 0.3 is 0 Å². The molecule has 0 unspecified atom stereocenters. The largest absolute Gasteiger partial charge is 0.355 e. The monoisotopic (exact) mass is 356 g/mol. The number of aromatic amines is 1. The Morgan fingerprint density at radius 3 is 2.54 bits per heavy atom. The molecule has 6 nitrogen and oxygen atoms in total. The lowest BCUT2D eigenvalue weighted by Gasteiger charge is -2.28. The second-order valence-electron chi connectivity index (χ2n) is 7.00. The van der Waals surface area contributed by atoms with Crippen LogP contribution in [0, 0.1) is 12.7 Å². The lowest BCUT2D eigenvalue weighted by molar-refractivity contribution is -0.115.